The molecule has 15 heavy (non-hydrogen) atoms. The zero-order chi connectivity index (χ0) is 10.7. The van der Waals surface area contributed by atoms with Crippen molar-refractivity contribution in [3.63, 3.8) is 0 Å². The summed E-state index contributed by atoms with van der Waals surface area (Å²) in [5.41, 5.74) is 0. The monoisotopic (exact) mass is 226 g/mol. The normalized spacial score (nSPS) is 17.7. The van der Waals surface area contributed by atoms with Crippen molar-refractivity contribution >= 4 is 16.7 Å². The number of aromatic nitrogens is 1. The van der Waals surface area contributed by atoms with Crippen LogP contribution in [0, 0.1) is 0 Å². The summed E-state index contributed by atoms with van der Waals surface area (Å²) in [4.78, 5) is 6.99. The maximum Gasteiger partial charge on any atom is 0.129 e. The molecule has 1 aromatic heterocycles. The summed E-state index contributed by atoms with van der Waals surface area (Å²) in [5.74, 6) is 1.10. The lowest BCUT2D eigenvalue weighted by molar-refractivity contribution is 0.122. The Kier molecular flexibility index (Phi) is 3.49. The minimum atomic E-state index is -0.102. The van der Waals surface area contributed by atoms with Crippen LogP contribution >= 0.6 is 10.9 Å². The van der Waals surface area contributed by atoms with Gasteiger partial charge in [0.2, 0.25) is 0 Å². The van der Waals surface area contributed by atoms with Gasteiger partial charge in [-0.2, -0.15) is 0 Å². The van der Waals surface area contributed by atoms with Crippen molar-refractivity contribution < 1.29 is 4.74 Å². The van der Waals surface area contributed by atoms with Gasteiger partial charge in [0.05, 0.1) is 18.2 Å². The van der Waals surface area contributed by atoms with E-state index in [0.29, 0.717) is 0 Å². The van der Waals surface area contributed by atoms with Gasteiger partial charge in [-0.1, -0.05) is 6.07 Å². The maximum atomic E-state index is 5.33. The van der Waals surface area contributed by atoms with Gasteiger partial charge in [0.1, 0.15) is 5.82 Å². The molecule has 4 heteroatoms. The van der Waals surface area contributed by atoms with Crippen molar-refractivity contribution in [3.8, 4) is 0 Å². The van der Waals surface area contributed by atoms with Gasteiger partial charge < -0.3 is 9.64 Å². The molecule has 1 fully saturated rings. The molecule has 2 rings (SSSR count). The number of rotatable bonds is 2. The zero-order valence-electron chi connectivity index (χ0n) is 9.31. The van der Waals surface area contributed by atoms with E-state index in [1.54, 1.807) is 0 Å². The van der Waals surface area contributed by atoms with Gasteiger partial charge in [-0.05, 0) is 24.6 Å². The van der Waals surface area contributed by atoms with E-state index in [-0.39, 0.29) is 10.9 Å². The second kappa shape index (κ2) is 4.86. The Balaban J connectivity index is 2.16. The van der Waals surface area contributed by atoms with Gasteiger partial charge in [0.25, 0.3) is 0 Å². The lowest BCUT2D eigenvalue weighted by Gasteiger charge is -2.28. The predicted octanol–water partition coefficient (Wildman–Crippen LogP) is 1.54. The highest BCUT2D eigenvalue weighted by molar-refractivity contribution is 8.15. The van der Waals surface area contributed by atoms with Gasteiger partial charge in [-0.25, -0.2) is 15.9 Å². The highest BCUT2D eigenvalue weighted by Gasteiger charge is 2.12. The van der Waals surface area contributed by atoms with Crippen molar-refractivity contribution in [2.24, 2.45) is 0 Å². The van der Waals surface area contributed by atoms with E-state index in [9.17, 15) is 0 Å². The van der Waals surface area contributed by atoms with Gasteiger partial charge in [-0.15, -0.1) is 0 Å². The van der Waals surface area contributed by atoms with E-state index in [4.69, 9.17) is 9.72 Å². The third-order valence-corrected chi connectivity index (χ3v) is 3.68. The Morgan fingerprint density at radius 3 is 2.67 bits per heavy atom. The first kappa shape index (κ1) is 10.8. The summed E-state index contributed by atoms with van der Waals surface area (Å²) in [6.45, 7) is 3.56. The molecule has 0 aromatic carbocycles. The summed E-state index contributed by atoms with van der Waals surface area (Å²) in [7, 11) is -0.102. The van der Waals surface area contributed by atoms with Crippen molar-refractivity contribution in [2.75, 3.05) is 43.7 Å². The Hall–Kier alpha value is -0.740. The molecular weight excluding hydrogens is 208 g/mol. The van der Waals surface area contributed by atoms with Crippen LogP contribution < -0.4 is 4.90 Å². The van der Waals surface area contributed by atoms with Crippen molar-refractivity contribution in [2.45, 2.75) is 5.03 Å². The predicted molar refractivity (Wildman–Crippen MR) is 66.4 cm³/mol. The Labute approximate surface area is 93.8 Å². The lowest BCUT2D eigenvalue weighted by atomic mass is 10.4. The summed E-state index contributed by atoms with van der Waals surface area (Å²) in [5, 5.41) is 1.23. The van der Waals surface area contributed by atoms with Crippen LogP contribution in [0.3, 0.4) is 0 Å². The number of ether oxygens (including phenoxy) is 1. The Bertz CT molecular complexity index is 324. The number of morpholine rings is 1. The van der Waals surface area contributed by atoms with Crippen LogP contribution in [-0.4, -0.2) is 43.8 Å². The van der Waals surface area contributed by atoms with E-state index < -0.39 is 0 Å². The highest BCUT2D eigenvalue weighted by atomic mass is 32.2. The fourth-order valence-electron chi connectivity index (χ4n) is 1.63. The van der Waals surface area contributed by atoms with Gasteiger partial charge in [0, 0.05) is 13.1 Å². The third kappa shape index (κ3) is 2.63. The molecule has 0 atom stereocenters. The molecule has 1 aliphatic heterocycles. The van der Waals surface area contributed by atoms with Crippen molar-refractivity contribution in [1.29, 1.82) is 0 Å². The van der Waals surface area contributed by atoms with E-state index in [2.05, 4.69) is 35.6 Å². The molecule has 84 valence electrons. The molecule has 1 aliphatic rings. The van der Waals surface area contributed by atoms with Crippen LogP contribution in [0.5, 0.6) is 0 Å². The molecule has 0 radical (unpaired) electrons. The minimum Gasteiger partial charge on any atom is -0.378 e. The molecule has 0 unspecified atom stereocenters. The SMILES string of the molecule is C[SH](C)c1cccc(N2CCOCC2)n1. The standard InChI is InChI=1S/C11H18N2OS/c1-15(2)11-5-3-4-10(12-11)13-6-8-14-9-7-13/h3-5,15H,6-9H2,1-2H3. The number of thiol groups is 1. The lowest BCUT2D eigenvalue weighted by Crippen LogP contribution is -2.36. The maximum absolute atomic E-state index is 5.33. The second-order valence-corrected chi connectivity index (χ2v) is 6.09. The second-order valence-electron chi connectivity index (χ2n) is 3.85. The average Bonchev–Trinajstić information content (AvgIpc) is 2.30. The average molecular weight is 226 g/mol. The zero-order valence-corrected chi connectivity index (χ0v) is 10.2. The van der Waals surface area contributed by atoms with Gasteiger partial charge in [0.15, 0.2) is 0 Å². The number of anilines is 1. The number of hydrogen-bond donors (Lipinski definition) is 1. The molecule has 0 aliphatic carbocycles. The molecular formula is C11H18N2OS. The summed E-state index contributed by atoms with van der Waals surface area (Å²) in [6, 6.07) is 6.32. The summed E-state index contributed by atoms with van der Waals surface area (Å²) >= 11 is 0. The molecule has 0 saturated carbocycles. The van der Waals surface area contributed by atoms with Crippen LogP contribution in [0.2, 0.25) is 0 Å². The van der Waals surface area contributed by atoms with Crippen LogP contribution in [0.1, 0.15) is 0 Å². The number of hydrogen-bond acceptors (Lipinski definition) is 3. The fourth-order valence-corrected chi connectivity index (χ4v) is 2.32. The van der Waals surface area contributed by atoms with E-state index >= 15 is 0 Å². The van der Waals surface area contributed by atoms with Crippen LogP contribution in [0.4, 0.5) is 5.82 Å². The van der Waals surface area contributed by atoms with E-state index in [0.717, 1.165) is 32.1 Å². The highest BCUT2D eigenvalue weighted by Crippen LogP contribution is 2.27. The number of pyridine rings is 1. The number of nitrogens with zero attached hydrogens (tertiary/aromatic N) is 2. The molecule has 0 amide bonds. The fraction of sp³-hybridized carbons (Fsp3) is 0.545. The van der Waals surface area contributed by atoms with Crippen molar-refractivity contribution in [3.05, 3.63) is 18.2 Å². The summed E-state index contributed by atoms with van der Waals surface area (Å²) in [6.07, 6.45) is 4.47. The van der Waals surface area contributed by atoms with Gasteiger partial charge >= 0.3 is 0 Å². The quantitative estimate of drug-likeness (QED) is 0.774. The van der Waals surface area contributed by atoms with E-state index in [1.165, 1.54) is 5.03 Å². The first-order chi connectivity index (χ1) is 7.27. The molecule has 0 N–H and O–H groups in total. The smallest absolute Gasteiger partial charge is 0.129 e. The molecule has 0 bridgehead atoms. The molecule has 3 nitrogen and oxygen atoms in total. The molecule has 1 aromatic rings. The Morgan fingerprint density at radius 2 is 2.00 bits per heavy atom. The summed E-state index contributed by atoms with van der Waals surface area (Å²) < 4.78 is 5.33. The van der Waals surface area contributed by atoms with E-state index in [1.807, 2.05) is 0 Å². The topological polar surface area (TPSA) is 25.4 Å². The van der Waals surface area contributed by atoms with Crippen LogP contribution in [0.25, 0.3) is 0 Å². The minimum absolute atomic E-state index is 0.102. The molecule has 0 spiro atoms. The first-order valence-electron chi connectivity index (χ1n) is 5.24. The van der Waals surface area contributed by atoms with Crippen molar-refractivity contribution in [1.82, 2.24) is 4.98 Å². The molecule has 2 heterocycles. The van der Waals surface area contributed by atoms with Crippen LogP contribution in [0.15, 0.2) is 23.2 Å². The third-order valence-electron chi connectivity index (χ3n) is 2.51. The largest absolute Gasteiger partial charge is 0.378 e. The first-order valence-corrected chi connectivity index (χ1v) is 7.48. The Morgan fingerprint density at radius 1 is 1.27 bits per heavy atom. The van der Waals surface area contributed by atoms with Crippen LogP contribution in [-0.2, 0) is 4.74 Å². The molecule has 1 saturated heterocycles. The van der Waals surface area contributed by atoms with Gasteiger partial charge in [-0.3, -0.25) is 0 Å².